The molecule has 0 aliphatic carbocycles. The zero-order valence-electron chi connectivity index (χ0n) is 43.4. The van der Waals surface area contributed by atoms with Gasteiger partial charge >= 0.3 is 17.9 Å². The summed E-state index contributed by atoms with van der Waals surface area (Å²) in [7, 11) is 0. The largest absolute Gasteiger partial charge is 0.462 e. The van der Waals surface area contributed by atoms with Crippen LogP contribution in [0, 0.1) is 0 Å². The van der Waals surface area contributed by atoms with Crippen molar-refractivity contribution < 1.29 is 28.6 Å². The van der Waals surface area contributed by atoms with Gasteiger partial charge in [-0.1, -0.05) is 201 Å². The molecule has 0 N–H and O–H groups in total. The highest BCUT2D eigenvalue weighted by Crippen LogP contribution is 2.12. The second-order valence-electron chi connectivity index (χ2n) is 17.8. The molecular formula is C61H100O6. The summed E-state index contributed by atoms with van der Waals surface area (Å²) < 4.78 is 16.8. The van der Waals surface area contributed by atoms with Gasteiger partial charge in [-0.2, -0.15) is 0 Å². The van der Waals surface area contributed by atoms with Crippen molar-refractivity contribution in [2.45, 2.75) is 245 Å². The van der Waals surface area contributed by atoms with E-state index < -0.39 is 6.10 Å². The Hall–Kier alpha value is -3.93. The molecule has 0 aromatic heterocycles. The molecule has 0 bridgehead atoms. The molecule has 0 aromatic carbocycles. The van der Waals surface area contributed by atoms with Crippen LogP contribution in [0.4, 0.5) is 0 Å². The normalized spacial score (nSPS) is 12.9. The summed E-state index contributed by atoms with van der Waals surface area (Å²) in [4.78, 5) is 38.1. The van der Waals surface area contributed by atoms with Crippen LogP contribution in [0.2, 0.25) is 0 Å². The molecule has 0 unspecified atom stereocenters. The number of esters is 3. The fraction of sp³-hybridized carbons (Fsp3) is 0.656. The first-order valence-electron chi connectivity index (χ1n) is 27.4. The molecular weight excluding hydrogens is 829 g/mol. The minimum atomic E-state index is -0.820. The number of hydrogen-bond acceptors (Lipinski definition) is 6. The molecule has 1 atom stereocenters. The Bertz CT molecular complexity index is 1390. The highest BCUT2D eigenvalue weighted by molar-refractivity contribution is 5.71. The first-order chi connectivity index (χ1) is 33.0. The van der Waals surface area contributed by atoms with E-state index in [0.29, 0.717) is 12.8 Å². The van der Waals surface area contributed by atoms with Gasteiger partial charge in [0.2, 0.25) is 0 Å². The van der Waals surface area contributed by atoms with Crippen LogP contribution in [0.15, 0.2) is 109 Å². The molecule has 0 heterocycles. The van der Waals surface area contributed by atoms with Gasteiger partial charge < -0.3 is 14.2 Å². The van der Waals surface area contributed by atoms with Gasteiger partial charge in [-0.05, 0) is 128 Å². The van der Waals surface area contributed by atoms with E-state index in [4.69, 9.17) is 14.2 Å². The fourth-order valence-electron chi connectivity index (χ4n) is 7.06. The Morgan fingerprint density at radius 2 is 0.552 bits per heavy atom. The van der Waals surface area contributed by atoms with Gasteiger partial charge in [0.15, 0.2) is 6.10 Å². The topological polar surface area (TPSA) is 78.9 Å². The molecule has 0 aliphatic rings. The van der Waals surface area contributed by atoms with Crippen molar-refractivity contribution in [2.75, 3.05) is 13.2 Å². The fourth-order valence-corrected chi connectivity index (χ4v) is 7.06. The number of rotatable bonds is 48. The molecule has 380 valence electrons. The number of ether oxygens (including phenoxy) is 3. The quantitative estimate of drug-likeness (QED) is 0.0262. The Balaban J connectivity index is 4.56. The second-order valence-corrected chi connectivity index (χ2v) is 17.8. The number of hydrogen-bond donors (Lipinski definition) is 0. The summed E-state index contributed by atoms with van der Waals surface area (Å²) in [6.45, 7) is 6.47. The van der Waals surface area contributed by atoms with Crippen molar-refractivity contribution in [3.05, 3.63) is 109 Å². The molecule has 67 heavy (non-hydrogen) atoms. The van der Waals surface area contributed by atoms with Crippen molar-refractivity contribution in [3.8, 4) is 0 Å². The third-order valence-electron chi connectivity index (χ3n) is 11.2. The molecule has 6 heteroatoms. The molecule has 0 saturated heterocycles. The van der Waals surface area contributed by atoms with Crippen LogP contribution in [-0.2, 0) is 28.6 Å². The lowest BCUT2D eigenvalue weighted by atomic mass is 10.1. The number of carbonyl (C=O) groups excluding carboxylic acids is 3. The summed E-state index contributed by atoms with van der Waals surface area (Å²) in [5.74, 6) is -1.01. The minimum Gasteiger partial charge on any atom is -0.462 e. The summed E-state index contributed by atoms with van der Waals surface area (Å²) in [5.41, 5.74) is 0. The molecule has 0 aliphatic heterocycles. The molecule has 0 aromatic rings. The first-order valence-corrected chi connectivity index (χ1v) is 27.4. The maximum Gasteiger partial charge on any atom is 0.306 e. The zero-order chi connectivity index (χ0) is 48.6. The molecule has 0 amide bonds. The van der Waals surface area contributed by atoms with Gasteiger partial charge in [0.05, 0.1) is 0 Å². The molecule has 0 saturated carbocycles. The van der Waals surface area contributed by atoms with Crippen LogP contribution in [0.3, 0.4) is 0 Å². The van der Waals surface area contributed by atoms with Crippen molar-refractivity contribution in [1.29, 1.82) is 0 Å². The zero-order valence-corrected chi connectivity index (χ0v) is 43.4. The Morgan fingerprint density at radius 1 is 0.299 bits per heavy atom. The minimum absolute atomic E-state index is 0.113. The van der Waals surface area contributed by atoms with E-state index in [1.54, 1.807) is 0 Å². The highest BCUT2D eigenvalue weighted by Gasteiger charge is 2.19. The monoisotopic (exact) mass is 929 g/mol. The summed E-state index contributed by atoms with van der Waals surface area (Å²) >= 11 is 0. The first kappa shape index (κ1) is 63.1. The average molecular weight is 929 g/mol. The van der Waals surface area contributed by atoms with Crippen LogP contribution < -0.4 is 0 Å². The van der Waals surface area contributed by atoms with E-state index in [9.17, 15) is 14.4 Å². The van der Waals surface area contributed by atoms with Crippen molar-refractivity contribution in [1.82, 2.24) is 0 Å². The van der Waals surface area contributed by atoms with Crippen molar-refractivity contribution in [2.24, 2.45) is 0 Å². The van der Waals surface area contributed by atoms with E-state index in [2.05, 4.69) is 130 Å². The maximum absolute atomic E-state index is 12.8. The third kappa shape index (κ3) is 52.9. The highest BCUT2D eigenvalue weighted by atomic mass is 16.6. The van der Waals surface area contributed by atoms with E-state index in [1.807, 2.05) is 0 Å². The standard InChI is InChI=1S/C61H100O6/c1-4-7-10-13-16-19-22-25-28-30-33-36-39-42-45-48-51-54-60(63)66-57-58(56-65-59(62)53-50-47-44-41-38-35-32-27-24-21-18-15-12-9-6-3)67-61(64)55-52-49-46-43-40-37-34-31-29-26-23-20-17-14-11-8-5-2/h16-21,25-29,32-34,36-37,42,45,58H,4-15,22-24,30-31,35,38-41,43-44,46-57H2,1-3H3/b19-16-,20-17-,21-18-,28-25-,29-26-,32-27-,36-33-,37-34-,45-42-/t58-/m1/s1. The lowest BCUT2D eigenvalue weighted by molar-refractivity contribution is -0.167. The van der Waals surface area contributed by atoms with E-state index in [1.165, 1.54) is 77.0 Å². The lowest BCUT2D eigenvalue weighted by Crippen LogP contribution is -2.30. The van der Waals surface area contributed by atoms with Crippen molar-refractivity contribution in [3.63, 3.8) is 0 Å². The predicted molar refractivity (Wildman–Crippen MR) is 288 cm³/mol. The van der Waals surface area contributed by atoms with Crippen LogP contribution >= 0.6 is 0 Å². The molecule has 0 radical (unpaired) electrons. The van der Waals surface area contributed by atoms with Gasteiger partial charge in [0, 0.05) is 19.3 Å². The van der Waals surface area contributed by atoms with E-state index >= 15 is 0 Å². The van der Waals surface area contributed by atoms with E-state index in [-0.39, 0.29) is 44.0 Å². The van der Waals surface area contributed by atoms with Crippen LogP contribution in [-0.4, -0.2) is 37.2 Å². The van der Waals surface area contributed by atoms with Gasteiger partial charge in [-0.25, -0.2) is 0 Å². The average Bonchev–Trinajstić information content (AvgIpc) is 3.33. The van der Waals surface area contributed by atoms with Crippen LogP contribution in [0.1, 0.15) is 239 Å². The maximum atomic E-state index is 12.8. The smallest absolute Gasteiger partial charge is 0.306 e. The molecule has 0 spiro atoms. The van der Waals surface area contributed by atoms with Gasteiger partial charge in [-0.15, -0.1) is 0 Å². The third-order valence-corrected chi connectivity index (χ3v) is 11.2. The predicted octanol–water partition coefficient (Wildman–Crippen LogP) is 18.3. The number of carbonyl (C=O) groups is 3. The lowest BCUT2D eigenvalue weighted by Gasteiger charge is -2.18. The Morgan fingerprint density at radius 3 is 0.896 bits per heavy atom. The van der Waals surface area contributed by atoms with Crippen molar-refractivity contribution >= 4 is 17.9 Å². The summed E-state index contributed by atoms with van der Waals surface area (Å²) in [6, 6.07) is 0. The summed E-state index contributed by atoms with van der Waals surface area (Å²) in [5, 5.41) is 0. The van der Waals surface area contributed by atoms with Crippen LogP contribution in [0.5, 0.6) is 0 Å². The second kappa shape index (κ2) is 54.7. The van der Waals surface area contributed by atoms with Gasteiger partial charge in [0.25, 0.3) is 0 Å². The van der Waals surface area contributed by atoms with Crippen LogP contribution in [0.25, 0.3) is 0 Å². The Labute approximate surface area is 412 Å². The summed E-state index contributed by atoms with van der Waals surface area (Å²) in [6.07, 6.45) is 73.6. The number of allylic oxidation sites excluding steroid dienone is 18. The Kier molecular flexibility index (Phi) is 51.5. The van der Waals surface area contributed by atoms with E-state index in [0.717, 1.165) is 116 Å². The molecule has 0 fully saturated rings. The molecule has 6 nitrogen and oxygen atoms in total. The molecule has 0 rings (SSSR count). The van der Waals surface area contributed by atoms with Gasteiger partial charge in [-0.3, -0.25) is 14.4 Å². The van der Waals surface area contributed by atoms with Gasteiger partial charge in [0.1, 0.15) is 13.2 Å². The number of unbranched alkanes of at least 4 members (excludes halogenated alkanes) is 19. The SMILES string of the molecule is CCCCC/C=C\C/C=C\C/C=C\C/C=C\CCCC(=O)OC[C@@H](COC(=O)CCCCCCC/C=C\C/C=C\CCCCC)OC(=O)CCCCCC/C=C\C/C=C\C/C=C\CCCCC.